The zero-order valence-electron chi connectivity index (χ0n) is 30.5. The summed E-state index contributed by atoms with van der Waals surface area (Å²) in [5.41, 5.74) is 4.49. The normalized spacial score (nSPS) is 19.5. The number of aromatic nitrogens is 2. The summed E-state index contributed by atoms with van der Waals surface area (Å²) < 4.78 is 5.69. The number of pyridine rings is 2. The average Bonchev–Trinajstić information content (AvgIpc) is 3.22. The minimum Gasteiger partial charge on any atom is -0.484 e. The van der Waals surface area contributed by atoms with Crippen LogP contribution in [0.3, 0.4) is 0 Å². The van der Waals surface area contributed by atoms with Gasteiger partial charge in [0.2, 0.25) is 17.7 Å². The summed E-state index contributed by atoms with van der Waals surface area (Å²) in [7, 11) is 0. The van der Waals surface area contributed by atoms with E-state index in [4.69, 9.17) is 4.74 Å². The molecule has 13 heteroatoms. The molecule has 5 aromatic rings. The Bertz CT molecular complexity index is 2100. The SMILES string of the molecule is O=C1COc2ccc(cc2)C[C@@H](C(=O)O)NC(=O)[C@H](CCc2ccccc2)NC(=O)[C@@H](Cc2ccc(-c3ccccn3)cc2)NC(=O)[C@H](Cc2cccnc2)N1. The van der Waals surface area contributed by atoms with Crippen LogP contribution in [-0.2, 0) is 49.7 Å². The Morgan fingerprint density at radius 3 is 2.00 bits per heavy atom. The molecule has 0 saturated carbocycles. The van der Waals surface area contributed by atoms with E-state index in [1.165, 1.54) is 0 Å². The van der Waals surface area contributed by atoms with Gasteiger partial charge in [-0.2, -0.15) is 0 Å². The zero-order chi connectivity index (χ0) is 39.3. The smallest absolute Gasteiger partial charge is 0.326 e. The maximum absolute atomic E-state index is 14.3. The van der Waals surface area contributed by atoms with E-state index < -0.39 is 60.4 Å². The van der Waals surface area contributed by atoms with Crippen LogP contribution >= 0.6 is 0 Å². The number of aliphatic carboxylic acids is 1. The molecule has 2 aromatic heterocycles. The molecule has 286 valence electrons. The number of benzene rings is 3. The molecule has 0 aliphatic carbocycles. The fourth-order valence-corrected chi connectivity index (χ4v) is 6.34. The van der Waals surface area contributed by atoms with E-state index in [0.29, 0.717) is 28.9 Å². The highest BCUT2D eigenvalue weighted by atomic mass is 16.5. The van der Waals surface area contributed by atoms with Gasteiger partial charge in [0, 0.05) is 43.4 Å². The second kappa shape index (κ2) is 18.9. The van der Waals surface area contributed by atoms with Crippen molar-refractivity contribution in [1.29, 1.82) is 0 Å². The lowest BCUT2D eigenvalue weighted by molar-refractivity contribution is -0.142. The molecule has 4 atom stereocenters. The van der Waals surface area contributed by atoms with Gasteiger partial charge in [-0.05, 0) is 65.4 Å². The topological polar surface area (TPSA) is 189 Å². The number of aryl methyl sites for hydroxylation is 1. The second-order valence-corrected chi connectivity index (χ2v) is 13.5. The number of carboxylic acids is 1. The van der Waals surface area contributed by atoms with E-state index in [1.54, 1.807) is 55.0 Å². The summed E-state index contributed by atoms with van der Waals surface area (Å²) in [5.74, 6) is -3.50. The number of nitrogens with one attached hydrogen (secondary N) is 4. The molecule has 3 aromatic carbocycles. The van der Waals surface area contributed by atoms with Crippen LogP contribution in [0.4, 0.5) is 0 Å². The Morgan fingerprint density at radius 1 is 0.661 bits per heavy atom. The second-order valence-electron chi connectivity index (χ2n) is 13.5. The molecule has 0 fully saturated rings. The van der Waals surface area contributed by atoms with Gasteiger partial charge in [-0.3, -0.25) is 29.1 Å². The van der Waals surface area contributed by atoms with Crippen LogP contribution in [0.2, 0.25) is 0 Å². The number of ether oxygens (including phenoxy) is 1. The van der Waals surface area contributed by atoms with Crippen molar-refractivity contribution in [2.24, 2.45) is 0 Å². The number of carbonyl (C=O) groups excluding carboxylic acids is 4. The van der Waals surface area contributed by atoms with E-state index >= 15 is 0 Å². The van der Waals surface area contributed by atoms with Crippen molar-refractivity contribution >= 4 is 29.6 Å². The third kappa shape index (κ3) is 11.1. The summed E-state index contributed by atoms with van der Waals surface area (Å²) in [6.07, 6.45) is 5.43. The van der Waals surface area contributed by atoms with Crippen LogP contribution < -0.4 is 26.0 Å². The predicted octanol–water partition coefficient (Wildman–Crippen LogP) is 3.22. The van der Waals surface area contributed by atoms with Crippen molar-refractivity contribution in [2.75, 3.05) is 6.61 Å². The molecule has 0 unspecified atom stereocenters. The van der Waals surface area contributed by atoms with E-state index in [0.717, 1.165) is 16.8 Å². The van der Waals surface area contributed by atoms with E-state index in [2.05, 4.69) is 31.2 Å². The van der Waals surface area contributed by atoms with E-state index in [-0.39, 0.29) is 25.7 Å². The summed E-state index contributed by atoms with van der Waals surface area (Å²) in [4.78, 5) is 76.6. The van der Waals surface area contributed by atoms with Crippen LogP contribution in [0.5, 0.6) is 5.75 Å². The average molecular weight is 755 g/mol. The first-order chi connectivity index (χ1) is 27.2. The van der Waals surface area contributed by atoms with Crippen LogP contribution in [0.25, 0.3) is 11.3 Å². The van der Waals surface area contributed by atoms with Crippen LogP contribution in [0.1, 0.15) is 28.7 Å². The van der Waals surface area contributed by atoms with Crippen LogP contribution in [0.15, 0.2) is 128 Å². The van der Waals surface area contributed by atoms with E-state index in [1.807, 2.05) is 72.8 Å². The Labute approximate surface area is 323 Å². The Hall–Kier alpha value is -6.89. The molecule has 2 aliphatic rings. The number of rotatable bonds is 9. The minimum absolute atomic E-state index is 0.0233. The number of carbonyl (C=O) groups is 5. The molecular formula is C43H42N6O7. The van der Waals surface area contributed by atoms with Gasteiger partial charge >= 0.3 is 5.97 Å². The summed E-state index contributed by atoms with van der Waals surface area (Å²) in [6.45, 7) is -0.417. The van der Waals surface area contributed by atoms with Crippen molar-refractivity contribution in [3.05, 3.63) is 150 Å². The van der Waals surface area contributed by atoms with Gasteiger partial charge in [-0.15, -0.1) is 0 Å². The zero-order valence-corrected chi connectivity index (χ0v) is 30.5. The number of fused-ring (bicyclic) bond motifs is 16. The first-order valence-electron chi connectivity index (χ1n) is 18.3. The maximum Gasteiger partial charge on any atom is 0.326 e. The Balaban J connectivity index is 1.33. The third-order valence-electron chi connectivity index (χ3n) is 9.35. The van der Waals surface area contributed by atoms with Crippen LogP contribution in [-0.4, -0.2) is 75.4 Å². The Morgan fingerprint density at radius 2 is 1.32 bits per heavy atom. The molecular weight excluding hydrogens is 713 g/mol. The molecule has 2 bridgehead atoms. The number of nitrogens with zero attached hydrogens (tertiary/aromatic N) is 2. The Kier molecular flexibility index (Phi) is 13.1. The molecule has 4 heterocycles. The molecule has 13 nitrogen and oxygen atoms in total. The standard InChI is InChI=1S/C43H42N6O7/c50-39-27-56-33-18-13-30(14-19-33)24-38(43(54)55)49-40(51)35(20-15-28-7-2-1-3-8-28)47-42(53)37(48-41(52)36(46-39)25-31-9-6-21-44-26-31)23-29-11-16-32(17-12-29)34-10-4-5-22-45-34/h1-14,16-19,21-22,26,35-38H,15,20,23-25,27H2,(H,46,50)(H,47,53)(H,48,52)(H,49,51)(H,54,55)/t35-,36-,37+,38-/m0/s1. The molecule has 2 aliphatic heterocycles. The molecule has 0 saturated heterocycles. The van der Waals surface area contributed by atoms with Gasteiger partial charge in [-0.1, -0.05) is 78.9 Å². The summed E-state index contributed by atoms with van der Waals surface area (Å²) in [5, 5.41) is 21.1. The number of carboxylic acid groups (broad SMARTS) is 1. The minimum atomic E-state index is -1.32. The van der Waals surface area contributed by atoms with Gasteiger partial charge in [0.25, 0.3) is 5.91 Å². The van der Waals surface area contributed by atoms with Crippen LogP contribution in [0, 0.1) is 0 Å². The first-order valence-corrected chi connectivity index (χ1v) is 18.3. The highest BCUT2D eigenvalue weighted by Crippen LogP contribution is 2.19. The monoisotopic (exact) mass is 754 g/mol. The van der Waals surface area contributed by atoms with Gasteiger partial charge in [0.05, 0.1) is 5.69 Å². The lowest BCUT2D eigenvalue weighted by Crippen LogP contribution is -2.59. The highest BCUT2D eigenvalue weighted by molar-refractivity contribution is 5.95. The van der Waals surface area contributed by atoms with Crippen molar-refractivity contribution in [1.82, 2.24) is 31.2 Å². The quantitative estimate of drug-likeness (QED) is 0.141. The van der Waals surface area contributed by atoms with Gasteiger partial charge in [0.1, 0.15) is 29.9 Å². The molecule has 4 amide bonds. The van der Waals surface area contributed by atoms with Crippen molar-refractivity contribution in [3.8, 4) is 17.0 Å². The molecule has 7 rings (SSSR count). The highest BCUT2D eigenvalue weighted by Gasteiger charge is 2.32. The van der Waals surface area contributed by atoms with Crippen molar-refractivity contribution < 1.29 is 33.8 Å². The summed E-state index contributed by atoms with van der Waals surface area (Å²) >= 11 is 0. The lowest BCUT2D eigenvalue weighted by Gasteiger charge is -2.26. The lowest BCUT2D eigenvalue weighted by atomic mass is 9.99. The fraction of sp³-hybridized carbons (Fsp3) is 0.233. The molecule has 56 heavy (non-hydrogen) atoms. The molecule has 0 radical (unpaired) electrons. The molecule has 5 N–H and O–H groups in total. The fourth-order valence-electron chi connectivity index (χ4n) is 6.34. The largest absolute Gasteiger partial charge is 0.484 e. The number of hydrogen-bond donors (Lipinski definition) is 5. The van der Waals surface area contributed by atoms with Gasteiger partial charge < -0.3 is 31.1 Å². The first kappa shape index (κ1) is 38.8. The van der Waals surface area contributed by atoms with Crippen molar-refractivity contribution in [3.63, 3.8) is 0 Å². The number of amides is 4. The third-order valence-corrected chi connectivity index (χ3v) is 9.35. The predicted molar refractivity (Wildman–Crippen MR) is 207 cm³/mol. The summed E-state index contributed by atoms with van der Waals surface area (Å²) in [6, 6.07) is 27.5. The molecule has 0 spiro atoms. The van der Waals surface area contributed by atoms with Crippen molar-refractivity contribution in [2.45, 2.75) is 56.3 Å². The maximum atomic E-state index is 14.3. The number of hydrogen-bond acceptors (Lipinski definition) is 8. The van der Waals surface area contributed by atoms with Gasteiger partial charge in [0.15, 0.2) is 6.61 Å². The van der Waals surface area contributed by atoms with Gasteiger partial charge in [-0.25, -0.2) is 4.79 Å². The van der Waals surface area contributed by atoms with E-state index in [9.17, 15) is 29.1 Å².